The highest BCUT2D eigenvalue weighted by Gasteiger charge is 2.24. The summed E-state index contributed by atoms with van der Waals surface area (Å²) in [6.45, 7) is 4.31. The van der Waals surface area contributed by atoms with E-state index >= 15 is 0 Å². The Bertz CT molecular complexity index is 1630. The highest BCUT2D eigenvalue weighted by atomic mass is 16.5. The Hall–Kier alpha value is -4.16. The number of anilines is 1. The zero-order chi connectivity index (χ0) is 26.9. The van der Waals surface area contributed by atoms with E-state index in [1.54, 1.807) is 41.7 Å². The number of nitrogen functional groups attached to an aromatic ring is 1. The first-order valence-electron chi connectivity index (χ1n) is 13.1. The molecule has 5 heterocycles. The van der Waals surface area contributed by atoms with Gasteiger partial charge in [0.1, 0.15) is 17.9 Å². The van der Waals surface area contributed by atoms with Crippen LogP contribution in [0.15, 0.2) is 51.9 Å². The average Bonchev–Trinajstić information content (AvgIpc) is 3.69. The number of aromatic nitrogens is 6. The van der Waals surface area contributed by atoms with Gasteiger partial charge in [-0.2, -0.15) is 9.50 Å². The molecule has 0 spiro atoms. The van der Waals surface area contributed by atoms with E-state index in [-0.39, 0.29) is 11.6 Å². The second kappa shape index (κ2) is 10.5. The molecule has 12 heteroatoms. The van der Waals surface area contributed by atoms with E-state index in [1.807, 2.05) is 12.1 Å². The molecule has 5 aromatic rings. The van der Waals surface area contributed by atoms with Crippen molar-refractivity contribution in [3.05, 3.63) is 58.7 Å². The third-order valence-corrected chi connectivity index (χ3v) is 7.45. The van der Waals surface area contributed by atoms with Crippen LogP contribution in [0.3, 0.4) is 0 Å². The number of aryl methyl sites for hydroxylation is 1. The largest absolute Gasteiger partial charge is 0.491 e. The van der Waals surface area contributed by atoms with Crippen molar-refractivity contribution in [2.24, 2.45) is 7.05 Å². The van der Waals surface area contributed by atoms with Crippen LogP contribution in [0, 0.1) is 0 Å². The smallest absolute Gasteiger partial charge is 0.330 e. The summed E-state index contributed by atoms with van der Waals surface area (Å²) in [4.78, 5) is 24.8. The molecule has 1 aliphatic heterocycles. The van der Waals surface area contributed by atoms with Gasteiger partial charge in [0, 0.05) is 27.2 Å². The van der Waals surface area contributed by atoms with Gasteiger partial charge in [-0.1, -0.05) is 12.1 Å². The number of hydrogen-bond donors (Lipinski definition) is 1. The van der Waals surface area contributed by atoms with Gasteiger partial charge in [0.15, 0.2) is 17.1 Å². The fourth-order valence-corrected chi connectivity index (χ4v) is 5.31. The standard InChI is InChI=1S/C27H32N8O4/c1-32-22-24(30-26(28)35-25(22)29-23(31-35)21-4-3-15-39-21)34(27(32)36)14-13-33-11-9-19(10-12-33)18-5-7-20(8-6-18)38-17-16-37-2/h3-8,15,19H,9-14,16-17H2,1-2H3,(H2,28,30). The highest BCUT2D eigenvalue weighted by molar-refractivity contribution is 5.88. The Morgan fingerprint density at radius 2 is 1.85 bits per heavy atom. The topological polar surface area (TPSA) is 131 Å². The second-order valence-electron chi connectivity index (χ2n) is 9.81. The zero-order valence-corrected chi connectivity index (χ0v) is 22.1. The van der Waals surface area contributed by atoms with Crippen LogP contribution in [0.1, 0.15) is 24.3 Å². The molecule has 1 saturated heterocycles. The van der Waals surface area contributed by atoms with Crippen LogP contribution in [-0.4, -0.2) is 73.6 Å². The molecule has 12 nitrogen and oxygen atoms in total. The van der Waals surface area contributed by atoms with E-state index in [1.165, 1.54) is 10.1 Å². The molecule has 0 bridgehead atoms. The van der Waals surface area contributed by atoms with Crippen LogP contribution in [0.25, 0.3) is 28.4 Å². The molecule has 204 valence electrons. The maximum atomic E-state index is 13.2. The van der Waals surface area contributed by atoms with E-state index < -0.39 is 0 Å². The molecule has 1 aromatic carbocycles. The molecule has 39 heavy (non-hydrogen) atoms. The lowest BCUT2D eigenvalue weighted by molar-refractivity contribution is 0.146. The second-order valence-corrected chi connectivity index (χ2v) is 9.81. The van der Waals surface area contributed by atoms with Crippen molar-refractivity contribution in [3.63, 3.8) is 0 Å². The highest BCUT2D eigenvalue weighted by Crippen LogP contribution is 2.29. The third kappa shape index (κ3) is 4.77. The molecule has 2 N–H and O–H groups in total. The minimum absolute atomic E-state index is 0.157. The van der Waals surface area contributed by atoms with E-state index in [4.69, 9.17) is 19.6 Å². The van der Waals surface area contributed by atoms with Crippen molar-refractivity contribution in [3.8, 4) is 17.3 Å². The minimum Gasteiger partial charge on any atom is -0.491 e. The van der Waals surface area contributed by atoms with Gasteiger partial charge in [0.05, 0.1) is 12.9 Å². The quantitative estimate of drug-likeness (QED) is 0.285. The number of methoxy groups -OCH3 is 1. The number of rotatable bonds is 9. The summed E-state index contributed by atoms with van der Waals surface area (Å²) < 4.78 is 20.9. The fraction of sp³-hybridized carbons (Fsp3) is 0.407. The SMILES string of the molecule is COCCOc1ccc(C2CCN(CCn3c(=O)n(C)c4c3nc(N)n3nc(-c5ccco5)nc43)CC2)cc1. The van der Waals surface area contributed by atoms with Crippen LogP contribution in [0.2, 0.25) is 0 Å². The molecule has 0 aliphatic carbocycles. The molecule has 0 saturated carbocycles. The van der Waals surface area contributed by atoms with Gasteiger partial charge in [0.25, 0.3) is 0 Å². The van der Waals surface area contributed by atoms with Crippen LogP contribution >= 0.6 is 0 Å². The summed E-state index contributed by atoms with van der Waals surface area (Å²) in [5.41, 5.74) is 8.99. The summed E-state index contributed by atoms with van der Waals surface area (Å²) in [6, 6.07) is 11.9. The molecular formula is C27H32N8O4. The Balaban J connectivity index is 1.14. The number of nitrogens with two attached hydrogens (primary N) is 1. The Morgan fingerprint density at radius 1 is 1.05 bits per heavy atom. The van der Waals surface area contributed by atoms with Crippen LogP contribution in [-0.2, 0) is 18.3 Å². The summed E-state index contributed by atoms with van der Waals surface area (Å²) >= 11 is 0. The average molecular weight is 533 g/mol. The maximum absolute atomic E-state index is 13.2. The molecule has 0 atom stereocenters. The number of nitrogens with zero attached hydrogens (tertiary/aromatic N) is 7. The number of likely N-dealkylation sites (tertiary alicyclic amines) is 1. The normalized spacial score (nSPS) is 15.0. The molecule has 1 aliphatic rings. The van der Waals surface area contributed by atoms with Crippen molar-refractivity contribution < 1.29 is 13.9 Å². The first-order valence-corrected chi connectivity index (χ1v) is 13.1. The number of ether oxygens (including phenoxy) is 2. The van der Waals surface area contributed by atoms with Crippen LogP contribution < -0.4 is 16.2 Å². The number of imidazole rings is 1. The molecule has 6 rings (SSSR count). The molecule has 0 unspecified atom stereocenters. The Morgan fingerprint density at radius 3 is 2.56 bits per heavy atom. The molecule has 0 radical (unpaired) electrons. The van der Waals surface area contributed by atoms with Crippen molar-refractivity contribution in [2.75, 3.05) is 45.7 Å². The first-order chi connectivity index (χ1) is 19.0. The van der Waals surface area contributed by atoms with Gasteiger partial charge in [-0.3, -0.25) is 9.13 Å². The summed E-state index contributed by atoms with van der Waals surface area (Å²) in [7, 11) is 3.39. The van der Waals surface area contributed by atoms with Crippen LogP contribution in [0.4, 0.5) is 5.95 Å². The van der Waals surface area contributed by atoms with Crippen LogP contribution in [0.5, 0.6) is 5.75 Å². The number of hydrogen-bond acceptors (Lipinski definition) is 9. The predicted octanol–water partition coefficient (Wildman–Crippen LogP) is 2.52. The van der Waals surface area contributed by atoms with Gasteiger partial charge in [-0.25, -0.2) is 9.78 Å². The Labute approximate surface area is 224 Å². The monoisotopic (exact) mass is 532 g/mol. The van der Waals surface area contributed by atoms with E-state index in [0.717, 1.165) is 38.2 Å². The predicted molar refractivity (Wildman–Crippen MR) is 146 cm³/mol. The fourth-order valence-electron chi connectivity index (χ4n) is 5.31. The maximum Gasteiger partial charge on any atom is 0.330 e. The van der Waals surface area contributed by atoms with Gasteiger partial charge < -0.3 is 24.5 Å². The molecule has 4 aromatic heterocycles. The lowest BCUT2D eigenvalue weighted by atomic mass is 9.89. The number of piperidine rings is 1. The van der Waals surface area contributed by atoms with E-state index in [0.29, 0.717) is 54.1 Å². The third-order valence-electron chi connectivity index (χ3n) is 7.45. The Kier molecular flexibility index (Phi) is 6.79. The summed E-state index contributed by atoms with van der Waals surface area (Å²) in [5, 5.41) is 4.44. The first kappa shape index (κ1) is 25.1. The van der Waals surface area contributed by atoms with Gasteiger partial charge in [-0.05, 0) is 61.7 Å². The summed E-state index contributed by atoms with van der Waals surface area (Å²) in [5.74, 6) is 2.45. The molecule has 0 amide bonds. The van der Waals surface area contributed by atoms with Gasteiger partial charge in [0.2, 0.25) is 11.8 Å². The molecule has 1 fully saturated rings. The van der Waals surface area contributed by atoms with Crippen molar-refractivity contribution in [1.29, 1.82) is 0 Å². The van der Waals surface area contributed by atoms with Gasteiger partial charge >= 0.3 is 5.69 Å². The minimum atomic E-state index is -0.157. The zero-order valence-electron chi connectivity index (χ0n) is 22.1. The lowest BCUT2D eigenvalue weighted by Gasteiger charge is -2.32. The summed E-state index contributed by atoms with van der Waals surface area (Å²) in [6.07, 6.45) is 3.69. The van der Waals surface area contributed by atoms with Crippen molar-refractivity contribution in [2.45, 2.75) is 25.3 Å². The van der Waals surface area contributed by atoms with Gasteiger partial charge in [-0.15, -0.1) is 5.10 Å². The van der Waals surface area contributed by atoms with Crippen molar-refractivity contribution >= 4 is 22.8 Å². The molecular weight excluding hydrogens is 500 g/mol. The van der Waals surface area contributed by atoms with Crippen molar-refractivity contribution in [1.82, 2.24) is 33.6 Å². The van der Waals surface area contributed by atoms with E-state index in [2.05, 4.69) is 32.1 Å². The number of benzene rings is 1. The lowest BCUT2D eigenvalue weighted by Crippen LogP contribution is -2.36. The van der Waals surface area contributed by atoms with E-state index in [9.17, 15) is 4.79 Å². The number of fused-ring (bicyclic) bond motifs is 3. The number of furan rings is 1.